The average Bonchev–Trinajstić information content (AvgIpc) is 3.29. The van der Waals surface area contributed by atoms with Crippen molar-refractivity contribution < 1.29 is 13.9 Å². The highest BCUT2D eigenvalue weighted by Crippen LogP contribution is 2.29. The summed E-state index contributed by atoms with van der Waals surface area (Å²) in [4.78, 5) is 23.5. The minimum absolute atomic E-state index is 0.0806. The van der Waals surface area contributed by atoms with Crippen molar-refractivity contribution in [3.8, 4) is 17.0 Å². The van der Waals surface area contributed by atoms with E-state index in [4.69, 9.17) is 16.3 Å². The van der Waals surface area contributed by atoms with E-state index in [-0.39, 0.29) is 11.7 Å². The van der Waals surface area contributed by atoms with E-state index < -0.39 is 5.82 Å². The van der Waals surface area contributed by atoms with Gasteiger partial charge in [0.2, 0.25) is 0 Å². The maximum atomic E-state index is 14.2. The molecule has 1 saturated heterocycles. The summed E-state index contributed by atoms with van der Waals surface area (Å²) in [7, 11) is 1.43. The molecule has 0 unspecified atom stereocenters. The van der Waals surface area contributed by atoms with Crippen LogP contribution in [0.2, 0.25) is 5.02 Å². The first-order valence-corrected chi connectivity index (χ1v) is 11.2. The van der Waals surface area contributed by atoms with E-state index in [1.54, 1.807) is 53.8 Å². The SMILES string of the molecule is COc1ccc(-c2cnc3c(Nc4ccc(C(=O)N5CCNCC5)c(Cl)c4)nccn23)cc1F. The van der Waals surface area contributed by atoms with Crippen LogP contribution < -0.4 is 15.4 Å². The number of hydrogen-bond donors (Lipinski definition) is 2. The van der Waals surface area contributed by atoms with E-state index >= 15 is 0 Å². The van der Waals surface area contributed by atoms with Crippen molar-refractivity contribution in [3.05, 3.63) is 71.4 Å². The van der Waals surface area contributed by atoms with Crippen molar-refractivity contribution in [2.24, 2.45) is 0 Å². The first-order valence-electron chi connectivity index (χ1n) is 10.8. The third-order valence-electron chi connectivity index (χ3n) is 5.74. The van der Waals surface area contributed by atoms with Crippen LogP contribution in [0.25, 0.3) is 16.9 Å². The number of rotatable bonds is 5. The fourth-order valence-corrected chi connectivity index (χ4v) is 4.25. The second-order valence-corrected chi connectivity index (χ2v) is 8.23. The monoisotopic (exact) mass is 480 g/mol. The van der Waals surface area contributed by atoms with Gasteiger partial charge in [0.05, 0.1) is 29.6 Å². The van der Waals surface area contributed by atoms with Gasteiger partial charge >= 0.3 is 0 Å². The van der Waals surface area contributed by atoms with Gasteiger partial charge in [-0.15, -0.1) is 0 Å². The highest BCUT2D eigenvalue weighted by molar-refractivity contribution is 6.34. The number of methoxy groups -OCH3 is 1. The molecule has 1 amide bonds. The number of aromatic nitrogens is 3. The van der Waals surface area contributed by atoms with Gasteiger partial charge in [-0.1, -0.05) is 11.6 Å². The first kappa shape index (κ1) is 22.1. The van der Waals surface area contributed by atoms with Gasteiger partial charge in [-0.25, -0.2) is 14.4 Å². The summed E-state index contributed by atoms with van der Waals surface area (Å²) >= 11 is 6.46. The molecule has 10 heteroatoms. The Bertz CT molecular complexity index is 1370. The maximum absolute atomic E-state index is 14.2. The van der Waals surface area contributed by atoms with Crippen molar-refractivity contribution >= 4 is 34.7 Å². The molecule has 3 heterocycles. The van der Waals surface area contributed by atoms with Gasteiger partial charge in [0.15, 0.2) is 23.0 Å². The smallest absolute Gasteiger partial charge is 0.255 e. The Labute approximate surface area is 200 Å². The molecular weight excluding hydrogens is 459 g/mol. The van der Waals surface area contributed by atoms with E-state index in [0.29, 0.717) is 52.1 Å². The maximum Gasteiger partial charge on any atom is 0.255 e. The molecule has 0 spiro atoms. The van der Waals surface area contributed by atoms with Crippen LogP contribution in [0.3, 0.4) is 0 Å². The number of imidazole rings is 1. The topological polar surface area (TPSA) is 83.8 Å². The number of nitrogens with zero attached hydrogens (tertiary/aromatic N) is 4. The van der Waals surface area contributed by atoms with Gasteiger partial charge in [0, 0.05) is 49.8 Å². The molecule has 174 valence electrons. The second-order valence-electron chi connectivity index (χ2n) is 7.82. The van der Waals surface area contributed by atoms with Crippen LogP contribution in [-0.4, -0.2) is 58.5 Å². The Hall–Kier alpha value is -3.69. The number of carbonyl (C=O) groups excluding carboxylic acids is 1. The lowest BCUT2D eigenvalue weighted by Crippen LogP contribution is -2.46. The molecule has 4 aromatic rings. The lowest BCUT2D eigenvalue weighted by Gasteiger charge is -2.27. The van der Waals surface area contributed by atoms with Gasteiger partial charge < -0.3 is 20.3 Å². The van der Waals surface area contributed by atoms with Gasteiger partial charge in [0.1, 0.15) is 0 Å². The second kappa shape index (κ2) is 9.28. The molecule has 1 aliphatic heterocycles. The van der Waals surface area contributed by atoms with E-state index in [2.05, 4.69) is 20.6 Å². The number of fused-ring (bicyclic) bond motifs is 1. The molecule has 2 aromatic carbocycles. The normalized spacial score (nSPS) is 13.8. The fraction of sp³-hybridized carbons (Fsp3) is 0.208. The highest BCUT2D eigenvalue weighted by Gasteiger charge is 2.20. The molecular formula is C24H22ClFN6O2. The number of ether oxygens (including phenoxy) is 1. The predicted octanol–water partition coefficient (Wildman–Crippen LogP) is 3.99. The van der Waals surface area contributed by atoms with E-state index in [1.165, 1.54) is 13.2 Å². The zero-order valence-corrected chi connectivity index (χ0v) is 19.1. The first-order chi connectivity index (χ1) is 16.5. The zero-order chi connectivity index (χ0) is 23.7. The van der Waals surface area contributed by atoms with Gasteiger partial charge in [-0.05, 0) is 36.4 Å². The van der Waals surface area contributed by atoms with Crippen molar-refractivity contribution in [3.63, 3.8) is 0 Å². The highest BCUT2D eigenvalue weighted by atomic mass is 35.5. The molecule has 0 aliphatic carbocycles. The summed E-state index contributed by atoms with van der Waals surface area (Å²) < 4.78 is 21.1. The average molecular weight is 481 g/mol. The molecule has 0 radical (unpaired) electrons. The van der Waals surface area contributed by atoms with E-state index in [0.717, 1.165) is 13.1 Å². The molecule has 0 saturated carbocycles. The number of anilines is 2. The third-order valence-corrected chi connectivity index (χ3v) is 6.05. The number of benzene rings is 2. The van der Waals surface area contributed by atoms with Gasteiger partial charge in [0.25, 0.3) is 5.91 Å². The summed E-state index contributed by atoms with van der Waals surface area (Å²) in [6.07, 6.45) is 5.04. The molecule has 34 heavy (non-hydrogen) atoms. The third kappa shape index (κ3) is 4.15. The van der Waals surface area contributed by atoms with Crippen LogP contribution in [0.15, 0.2) is 55.0 Å². The fourth-order valence-electron chi connectivity index (χ4n) is 3.99. The summed E-state index contributed by atoms with van der Waals surface area (Å²) in [6, 6.07) is 9.96. The number of amides is 1. The predicted molar refractivity (Wildman–Crippen MR) is 128 cm³/mol. The molecule has 1 fully saturated rings. The Morgan fingerprint density at radius 2 is 2.00 bits per heavy atom. The van der Waals surface area contributed by atoms with Crippen LogP contribution in [-0.2, 0) is 0 Å². The lowest BCUT2D eigenvalue weighted by molar-refractivity contribution is 0.0736. The van der Waals surface area contributed by atoms with Crippen LogP contribution >= 0.6 is 11.6 Å². The Morgan fingerprint density at radius 3 is 2.74 bits per heavy atom. The van der Waals surface area contributed by atoms with Crippen LogP contribution in [0.4, 0.5) is 15.9 Å². The van der Waals surface area contributed by atoms with Crippen LogP contribution in [0.1, 0.15) is 10.4 Å². The molecule has 1 aliphatic rings. The molecule has 8 nitrogen and oxygen atoms in total. The number of carbonyl (C=O) groups is 1. The minimum Gasteiger partial charge on any atom is -0.494 e. The number of nitrogens with one attached hydrogen (secondary N) is 2. The Morgan fingerprint density at radius 1 is 1.18 bits per heavy atom. The van der Waals surface area contributed by atoms with Crippen molar-refractivity contribution in [2.45, 2.75) is 0 Å². The summed E-state index contributed by atoms with van der Waals surface area (Å²) in [5, 5.41) is 6.81. The van der Waals surface area contributed by atoms with Gasteiger partial charge in [-0.2, -0.15) is 0 Å². The summed E-state index contributed by atoms with van der Waals surface area (Å²) in [5.74, 6) is 0.146. The minimum atomic E-state index is -0.451. The standard InChI is InChI=1S/C24H22ClFN6O2/c1-34-21-5-2-15(12-19(21)26)20-14-29-23-22(28-8-11-32(20)23)30-16-3-4-17(18(25)13-16)24(33)31-9-6-27-7-10-31/h2-5,8,11-14,27H,6-7,9-10H2,1H3,(H,28,30). The number of piperazine rings is 1. The molecule has 2 N–H and O–H groups in total. The largest absolute Gasteiger partial charge is 0.494 e. The van der Waals surface area contributed by atoms with Gasteiger partial charge in [-0.3, -0.25) is 9.20 Å². The Kier molecular flexibility index (Phi) is 6.04. The van der Waals surface area contributed by atoms with Crippen LogP contribution in [0.5, 0.6) is 5.75 Å². The summed E-state index contributed by atoms with van der Waals surface area (Å²) in [5.41, 5.74) is 3.05. The number of hydrogen-bond acceptors (Lipinski definition) is 6. The molecule has 0 atom stereocenters. The van der Waals surface area contributed by atoms with E-state index in [9.17, 15) is 9.18 Å². The molecule has 0 bridgehead atoms. The lowest BCUT2D eigenvalue weighted by atomic mass is 10.1. The van der Waals surface area contributed by atoms with Crippen molar-refractivity contribution in [1.82, 2.24) is 24.6 Å². The molecule has 5 rings (SSSR count). The Balaban J connectivity index is 1.42. The van der Waals surface area contributed by atoms with Crippen molar-refractivity contribution in [1.29, 1.82) is 0 Å². The van der Waals surface area contributed by atoms with E-state index in [1.807, 2.05) is 4.40 Å². The summed E-state index contributed by atoms with van der Waals surface area (Å²) in [6.45, 7) is 2.85. The quantitative estimate of drug-likeness (QED) is 0.449. The molecule has 2 aromatic heterocycles. The number of halogens is 2. The van der Waals surface area contributed by atoms with Crippen molar-refractivity contribution in [2.75, 3.05) is 38.6 Å². The zero-order valence-electron chi connectivity index (χ0n) is 18.4. The van der Waals surface area contributed by atoms with Crippen LogP contribution in [0, 0.1) is 5.82 Å².